The van der Waals surface area contributed by atoms with Gasteiger partial charge in [-0.15, -0.1) is 0 Å². The molecule has 4 heteroatoms. The number of methoxy groups -OCH3 is 1. The highest BCUT2D eigenvalue weighted by molar-refractivity contribution is 6.16. The lowest BCUT2D eigenvalue weighted by Gasteiger charge is -2.09. The third-order valence-corrected chi connectivity index (χ3v) is 3.33. The number of esters is 1. The quantitative estimate of drug-likeness (QED) is 0.646. The summed E-state index contributed by atoms with van der Waals surface area (Å²) < 4.78 is 10.3. The number of rotatable bonds is 6. The maximum atomic E-state index is 12.2. The second-order valence-electron chi connectivity index (χ2n) is 5.02. The zero-order chi connectivity index (χ0) is 16.7. The fraction of sp³-hybridized carbons (Fsp3) is 0.211. The van der Waals surface area contributed by atoms with E-state index in [0.717, 1.165) is 17.0 Å². The van der Waals surface area contributed by atoms with Crippen LogP contribution in [0.5, 0.6) is 5.75 Å². The molecule has 4 nitrogen and oxygen atoms in total. The number of hydrogen-bond acceptors (Lipinski definition) is 4. The van der Waals surface area contributed by atoms with Gasteiger partial charge in [-0.1, -0.05) is 29.8 Å². The molecule has 0 saturated heterocycles. The number of ether oxygens (including phenoxy) is 2. The Bertz CT molecular complexity index is 673. The van der Waals surface area contributed by atoms with Gasteiger partial charge in [0, 0.05) is 11.9 Å². The smallest absolute Gasteiger partial charge is 0.340 e. The predicted molar refractivity (Wildman–Crippen MR) is 92.4 cm³/mol. The average Bonchev–Trinajstić information content (AvgIpc) is 2.57. The van der Waals surface area contributed by atoms with Gasteiger partial charge in [0.1, 0.15) is 5.75 Å². The first-order valence-electron chi connectivity index (χ1n) is 7.49. The Labute approximate surface area is 136 Å². The highest BCUT2D eigenvalue weighted by atomic mass is 16.5. The minimum atomic E-state index is -0.364. The SMILES string of the molecule is CCOC(=O)/C(=C/Nc1ccc(C)cc1)c1ccc(OC)cc1. The summed E-state index contributed by atoms with van der Waals surface area (Å²) in [6.45, 7) is 4.15. The van der Waals surface area contributed by atoms with Gasteiger partial charge in [-0.05, 0) is 43.7 Å². The first-order chi connectivity index (χ1) is 11.1. The van der Waals surface area contributed by atoms with E-state index in [-0.39, 0.29) is 5.97 Å². The van der Waals surface area contributed by atoms with E-state index in [0.29, 0.717) is 12.2 Å². The second-order valence-corrected chi connectivity index (χ2v) is 5.02. The van der Waals surface area contributed by atoms with Gasteiger partial charge in [0.15, 0.2) is 0 Å². The molecule has 0 aliphatic heterocycles. The number of benzene rings is 2. The standard InChI is InChI=1S/C19H21NO3/c1-4-23-19(21)18(15-7-11-17(22-3)12-8-15)13-20-16-9-5-14(2)6-10-16/h5-13,20H,4H2,1-3H3/b18-13+. The maximum absolute atomic E-state index is 12.2. The molecule has 0 heterocycles. The van der Waals surface area contributed by atoms with Crippen LogP contribution in [0.1, 0.15) is 18.1 Å². The number of aryl methyl sites for hydroxylation is 1. The minimum absolute atomic E-state index is 0.330. The van der Waals surface area contributed by atoms with Crippen molar-refractivity contribution in [2.24, 2.45) is 0 Å². The molecule has 0 atom stereocenters. The molecule has 2 aromatic carbocycles. The van der Waals surface area contributed by atoms with Crippen LogP contribution >= 0.6 is 0 Å². The van der Waals surface area contributed by atoms with Gasteiger partial charge < -0.3 is 14.8 Å². The summed E-state index contributed by atoms with van der Waals surface area (Å²) >= 11 is 0. The van der Waals surface area contributed by atoms with Crippen molar-refractivity contribution in [3.05, 3.63) is 65.9 Å². The van der Waals surface area contributed by atoms with Crippen LogP contribution < -0.4 is 10.1 Å². The van der Waals surface area contributed by atoms with Crippen molar-refractivity contribution in [3.63, 3.8) is 0 Å². The van der Waals surface area contributed by atoms with E-state index in [9.17, 15) is 4.79 Å². The number of carbonyl (C=O) groups is 1. The Morgan fingerprint density at radius 3 is 2.30 bits per heavy atom. The first kappa shape index (κ1) is 16.6. The van der Waals surface area contributed by atoms with Gasteiger partial charge >= 0.3 is 5.97 Å². The zero-order valence-corrected chi connectivity index (χ0v) is 13.6. The number of hydrogen-bond donors (Lipinski definition) is 1. The molecule has 23 heavy (non-hydrogen) atoms. The number of nitrogens with one attached hydrogen (secondary N) is 1. The molecule has 120 valence electrons. The highest BCUT2D eigenvalue weighted by Gasteiger charge is 2.13. The van der Waals surface area contributed by atoms with Crippen LogP contribution in [0, 0.1) is 6.92 Å². The van der Waals surface area contributed by atoms with E-state index in [1.807, 2.05) is 55.5 Å². The molecule has 0 amide bonds. The summed E-state index contributed by atoms with van der Waals surface area (Å²) in [6, 6.07) is 15.2. The van der Waals surface area contributed by atoms with Crippen LogP contribution in [0.2, 0.25) is 0 Å². The van der Waals surface area contributed by atoms with Crippen molar-refractivity contribution in [1.82, 2.24) is 0 Å². The normalized spacial score (nSPS) is 11.0. The van der Waals surface area contributed by atoms with Gasteiger partial charge in [-0.25, -0.2) is 4.79 Å². The van der Waals surface area contributed by atoms with E-state index in [4.69, 9.17) is 9.47 Å². The van der Waals surface area contributed by atoms with Gasteiger partial charge in [-0.3, -0.25) is 0 Å². The molecule has 0 aliphatic rings. The molecule has 0 aromatic heterocycles. The molecular formula is C19H21NO3. The van der Waals surface area contributed by atoms with E-state index < -0.39 is 0 Å². The molecule has 2 aromatic rings. The maximum Gasteiger partial charge on any atom is 0.340 e. The number of carbonyl (C=O) groups excluding carboxylic acids is 1. The second kappa shape index (κ2) is 8.03. The summed E-state index contributed by atoms with van der Waals surface area (Å²) in [4.78, 5) is 12.2. The number of anilines is 1. The first-order valence-corrected chi connectivity index (χ1v) is 7.49. The molecule has 0 spiro atoms. The van der Waals surface area contributed by atoms with Crippen molar-refractivity contribution in [2.75, 3.05) is 19.0 Å². The van der Waals surface area contributed by atoms with Crippen molar-refractivity contribution < 1.29 is 14.3 Å². The van der Waals surface area contributed by atoms with Crippen LogP contribution in [-0.4, -0.2) is 19.7 Å². The van der Waals surface area contributed by atoms with Crippen LogP contribution in [0.3, 0.4) is 0 Å². The molecule has 0 radical (unpaired) electrons. The molecule has 1 N–H and O–H groups in total. The van der Waals surface area contributed by atoms with E-state index in [2.05, 4.69) is 5.32 Å². The Kier molecular flexibility index (Phi) is 5.80. The largest absolute Gasteiger partial charge is 0.497 e. The van der Waals surface area contributed by atoms with Crippen molar-refractivity contribution >= 4 is 17.2 Å². The summed E-state index contributed by atoms with van der Waals surface area (Å²) in [7, 11) is 1.61. The third kappa shape index (κ3) is 4.61. The van der Waals surface area contributed by atoms with Crippen LogP contribution in [0.25, 0.3) is 5.57 Å². The van der Waals surface area contributed by atoms with Gasteiger partial charge in [-0.2, -0.15) is 0 Å². The molecule has 0 saturated carbocycles. The van der Waals surface area contributed by atoms with E-state index >= 15 is 0 Å². The minimum Gasteiger partial charge on any atom is -0.497 e. The van der Waals surface area contributed by atoms with Crippen molar-refractivity contribution in [1.29, 1.82) is 0 Å². The molecule has 0 unspecified atom stereocenters. The fourth-order valence-corrected chi connectivity index (χ4v) is 2.04. The van der Waals surface area contributed by atoms with E-state index in [1.165, 1.54) is 5.56 Å². The van der Waals surface area contributed by atoms with Crippen molar-refractivity contribution in [3.8, 4) is 5.75 Å². The molecule has 0 bridgehead atoms. The van der Waals surface area contributed by atoms with Crippen LogP contribution in [-0.2, 0) is 9.53 Å². The fourth-order valence-electron chi connectivity index (χ4n) is 2.04. The van der Waals surface area contributed by atoms with Crippen LogP contribution in [0.4, 0.5) is 5.69 Å². The summed E-state index contributed by atoms with van der Waals surface area (Å²) in [6.07, 6.45) is 1.67. The Morgan fingerprint density at radius 1 is 1.09 bits per heavy atom. The molecule has 2 rings (SSSR count). The molecular weight excluding hydrogens is 290 g/mol. The van der Waals surface area contributed by atoms with Gasteiger partial charge in [0.25, 0.3) is 0 Å². The lowest BCUT2D eigenvalue weighted by molar-refractivity contribution is -0.136. The Hall–Kier alpha value is -2.75. The monoisotopic (exact) mass is 311 g/mol. The average molecular weight is 311 g/mol. The Morgan fingerprint density at radius 2 is 1.74 bits per heavy atom. The van der Waals surface area contributed by atoms with E-state index in [1.54, 1.807) is 20.2 Å². The summed E-state index contributed by atoms with van der Waals surface area (Å²) in [5, 5.41) is 3.14. The third-order valence-electron chi connectivity index (χ3n) is 3.33. The van der Waals surface area contributed by atoms with Crippen LogP contribution in [0.15, 0.2) is 54.7 Å². The lowest BCUT2D eigenvalue weighted by atomic mass is 10.1. The Balaban J connectivity index is 2.26. The molecule has 0 fully saturated rings. The molecule has 0 aliphatic carbocycles. The van der Waals surface area contributed by atoms with Gasteiger partial charge in [0.05, 0.1) is 19.3 Å². The lowest BCUT2D eigenvalue weighted by Crippen LogP contribution is -2.08. The predicted octanol–water partition coefficient (Wildman–Crippen LogP) is 4.02. The highest BCUT2D eigenvalue weighted by Crippen LogP contribution is 2.20. The summed E-state index contributed by atoms with van der Waals surface area (Å²) in [5.74, 6) is 0.376. The summed E-state index contributed by atoms with van der Waals surface area (Å²) in [5.41, 5.74) is 3.32. The topological polar surface area (TPSA) is 47.6 Å². The van der Waals surface area contributed by atoms with Crippen molar-refractivity contribution in [2.45, 2.75) is 13.8 Å². The van der Waals surface area contributed by atoms with Gasteiger partial charge in [0.2, 0.25) is 0 Å². The zero-order valence-electron chi connectivity index (χ0n) is 13.6.